The second-order valence-corrected chi connectivity index (χ2v) is 9.37. The van der Waals surface area contributed by atoms with Crippen LogP contribution in [0.1, 0.15) is 40.1 Å². The number of fused-ring (bicyclic) bond motifs is 1. The SMILES string of the molecule is COC(=O)[C@H](C(C)C)N1Cc2ccc(-c3ccc(NC(=O)c4ccc(-c5nnco5)cc4)cc3)cc2C1=O. The number of hydrogen-bond acceptors (Lipinski definition) is 7. The van der Waals surface area contributed by atoms with Gasteiger partial charge in [0.05, 0.1) is 7.11 Å². The third kappa shape index (κ3) is 4.78. The topological polar surface area (TPSA) is 115 Å². The highest BCUT2D eigenvalue weighted by Gasteiger charge is 2.38. The summed E-state index contributed by atoms with van der Waals surface area (Å²) in [5.74, 6) is -0.534. The number of hydrogen-bond donors (Lipinski definition) is 1. The van der Waals surface area contributed by atoms with Crippen LogP contribution in [0.25, 0.3) is 22.6 Å². The van der Waals surface area contributed by atoms with E-state index in [1.807, 2.05) is 56.3 Å². The Morgan fingerprint density at radius 3 is 2.29 bits per heavy atom. The van der Waals surface area contributed by atoms with Gasteiger partial charge in [-0.05, 0) is 65.1 Å². The number of carbonyl (C=O) groups excluding carboxylic acids is 3. The summed E-state index contributed by atoms with van der Waals surface area (Å²) in [6, 6.07) is 19.4. The molecular weight excluding hydrogens is 484 g/mol. The van der Waals surface area contributed by atoms with Crippen molar-refractivity contribution in [3.8, 4) is 22.6 Å². The second kappa shape index (κ2) is 10.3. The molecule has 1 aromatic heterocycles. The molecule has 2 heterocycles. The highest BCUT2D eigenvalue weighted by atomic mass is 16.5. The van der Waals surface area contributed by atoms with Gasteiger partial charge in [-0.15, -0.1) is 10.2 Å². The maximum atomic E-state index is 13.2. The van der Waals surface area contributed by atoms with Gasteiger partial charge >= 0.3 is 5.97 Å². The summed E-state index contributed by atoms with van der Waals surface area (Å²) in [5, 5.41) is 10.4. The highest BCUT2D eigenvalue weighted by molar-refractivity contribution is 6.04. The van der Waals surface area contributed by atoms with Crippen LogP contribution in [0.5, 0.6) is 0 Å². The molecule has 5 rings (SSSR count). The monoisotopic (exact) mass is 510 g/mol. The predicted octanol–water partition coefficient (Wildman–Crippen LogP) is 4.81. The first-order valence-electron chi connectivity index (χ1n) is 12.2. The molecule has 3 aromatic carbocycles. The van der Waals surface area contributed by atoms with Crippen LogP contribution >= 0.6 is 0 Å². The molecule has 0 saturated carbocycles. The maximum Gasteiger partial charge on any atom is 0.328 e. The number of nitrogens with zero attached hydrogens (tertiary/aromatic N) is 3. The van der Waals surface area contributed by atoms with E-state index in [-0.39, 0.29) is 17.7 Å². The Morgan fingerprint density at radius 1 is 0.974 bits per heavy atom. The van der Waals surface area contributed by atoms with Crippen molar-refractivity contribution in [2.45, 2.75) is 26.4 Å². The minimum atomic E-state index is -0.638. The van der Waals surface area contributed by atoms with Gasteiger partial charge in [0.1, 0.15) is 6.04 Å². The molecule has 0 fully saturated rings. The van der Waals surface area contributed by atoms with Crippen molar-refractivity contribution in [2.75, 3.05) is 12.4 Å². The van der Waals surface area contributed by atoms with E-state index in [0.29, 0.717) is 29.2 Å². The Kier molecular flexibility index (Phi) is 6.74. The molecule has 4 aromatic rings. The Balaban J connectivity index is 1.28. The Bertz CT molecular complexity index is 1480. The number of benzene rings is 3. The number of aromatic nitrogens is 2. The van der Waals surface area contributed by atoms with Crippen molar-refractivity contribution >= 4 is 23.5 Å². The number of esters is 1. The molecule has 9 nitrogen and oxygen atoms in total. The number of rotatable bonds is 7. The Hall–Kier alpha value is -4.79. The number of anilines is 1. The average molecular weight is 511 g/mol. The lowest BCUT2D eigenvalue weighted by atomic mass is 10.00. The molecule has 0 radical (unpaired) electrons. The van der Waals surface area contributed by atoms with E-state index in [1.165, 1.54) is 13.5 Å². The zero-order valence-corrected chi connectivity index (χ0v) is 21.2. The lowest BCUT2D eigenvalue weighted by molar-refractivity contribution is -0.147. The molecule has 192 valence electrons. The van der Waals surface area contributed by atoms with E-state index in [1.54, 1.807) is 29.2 Å². The van der Waals surface area contributed by atoms with Gasteiger partial charge in [-0.2, -0.15) is 0 Å². The molecule has 1 atom stereocenters. The summed E-state index contributed by atoms with van der Waals surface area (Å²) in [7, 11) is 1.34. The maximum absolute atomic E-state index is 13.2. The number of amides is 2. The summed E-state index contributed by atoms with van der Waals surface area (Å²) in [5.41, 5.74) is 5.08. The molecule has 0 bridgehead atoms. The van der Waals surface area contributed by atoms with Crippen LogP contribution in [0.2, 0.25) is 0 Å². The molecule has 0 unspecified atom stereocenters. The van der Waals surface area contributed by atoms with Gasteiger partial charge in [-0.3, -0.25) is 9.59 Å². The van der Waals surface area contributed by atoms with Gasteiger partial charge in [0.15, 0.2) is 0 Å². The molecular formula is C29H26N4O5. The van der Waals surface area contributed by atoms with E-state index >= 15 is 0 Å². The first kappa shape index (κ1) is 24.9. The van der Waals surface area contributed by atoms with Gasteiger partial charge in [0, 0.05) is 28.9 Å². The van der Waals surface area contributed by atoms with Crippen molar-refractivity contribution < 1.29 is 23.5 Å². The van der Waals surface area contributed by atoms with E-state index < -0.39 is 12.0 Å². The molecule has 1 aliphatic heterocycles. The van der Waals surface area contributed by atoms with Gasteiger partial charge in [-0.25, -0.2) is 4.79 Å². The van der Waals surface area contributed by atoms with Gasteiger partial charge in [0.2, 0.25) is 12.3 Å². The first-order valence-corrected chi connectivity index (χ1v) is 12.2. The van der Waals surface area contributed by atoms with E-state index in [2.05, 4.69) is 15.5 Å². The van der Waals surface area contributed by atoms with Crippen molar-refractivity contribution in [3.63, 3.8) is 0 Å². The molecule has 0 spiro atoms. The molecule has 0 saturated heterocycles. The van der Waals surface area contributed by atoms with Gasteiger partial charge < -0.3 is 19.4 Å². The second-order valence-electron chi connectivity index (χ2n) is 9.37. The highest BCUT2D eigenvalue weighted by Crippen LogP contribution is 2.32. The van der Waals surface area contributed by atoms with Crippen LogP contribution in [-0.2, 0) is 16.1 Å². The Morgan fingerprint density at radius 2 is 1.66 bits per heavy atom. The largest absolute Gasteiger partial charge is 0.467 e. The quantitative estimate of drug-likeness (QED) is 0.355. The molecule has 38 heavy (non-hydrogen) atoms. The summed E-state index contributed by atoms with van der Waals surface area (Å²) in [6.45, 7) is 4.16. The number of nitrogens with one attached hydrogen (secondary N) is 1. The minimum Gasteiger partial charge on any atom is -0.467 e. The molecule has 1 aliphatic rings. The number of carbonyl (C=O) groups is 3. The fourth-order valence-corrected chi connectivity index (χ4v) is 4.62. The number of methoxy groups -OCH3 is 1. The molecule has 2 amide bonds. The zero-order valence-electron chi connectivity index (χ0n) is 21.2. The van der Waals surface area contributed by atoms with Crippen LogP contribution < -0.4 is 5.32 Å². The Labute approximate surface area is 219 Å². The summed E-state index contributed by atoms with van der Waals surface area (Å²) in [6.07, 6.45) is 1.25. The third-order valence-electron chi connectivity index (χ3n) is 6.58. The summed E-state index contributed by atoms with van der Waals surface area (Å²) in [4.78, 5) is 39.8. The number of ether oxygens (including phenoxy) is 1. The lowest BCUT2D eigenvalue weighted by Crippen LogP contribution is -2.45. The van der Waals surface area contributed by atoms with Crippen LogP contribution in [0.4, 0.5) is 5.69 Å². The normalized spacial score (nSPS) is 13.4. The van der Waals surface area contributed by atoms with Crippen LogP contribution in [0.3, 0.4) is 0 Å². The molecule has 9 heteroatoms. The lowest BCUT2D eigenvalue weighted by Gasteiger charge is -2.28. The van der Waals surface area contributed by atoms with E-state index in [4.69, 9.17) is 9.15 Å². The third-order valence-corrected chi connectivity index (χ3v) is 6.58. The fraction of sp³-hybridized carbons (Fsp3) is 0.207. The van der Waals surface area contributed by atoms with Gasteiger partial charge in [-0.1, -0.05) is 38.1 Å². The minimum absolute atomic E-state index is 0.0776. The predicted molar refractivity (Wildman–Crippen MR) is 140 cm³/mol. The average Bonchev–Trinajstić information content (AvgIpc) is 3.58. The smallest absolute Gasteiger partial charge is 0.328 e. The van der Waals surface area contributed by atoms with Crippen molar-refractivity contribution in [2.24, 2.45) is 5.92 Å². The van der Waals surface area contributed by atoms with E-state index in [9.17, 15) is 14.4 Å². The van der Waals surface area contributed by atoms with E-state index in [0.717, 1.165) is 22.3 Å². The van der Waals surface area contributed by atoms with Crippen LogP contribution in [0.15, 0.2) is 77.5 Å². The standard InChI is InChI=1S/C29H26N4O5/c1-17(2)25(29(36)37-3)33-15-22-9-8-21(14-24(22)28(33)35)18-10-12-23(13-11-18)31-26(34)19-4-6-20(7-5-19)27-32-30-16-38-27/h4-14,16-17,25H,15H2,1-3H3,(H,31,34)/t25-/m0/s1. The summed E-state index contributed by atoms with van der Waals surface area (Å²) >= 11 is 0. The molecule has 0 aliphatic carbocycles. The van der Waals surface area contributed by atoms with Crippen molar-refractivity contribution in [3.05, 3.63) is 89.8 Å². The van der Waals surface area contributed by atoms with Crippen molar-refractivity contribution in [1.29, 1.82) is 0 Å². The van der Waals surface area contributed by atoms with Crippen LogP contribution in [0, 0.1) is 5.92 Å². The van der Waals surface area contributed by atoms with Gasteiger partial charge in [0.25, 0.3) is 11.8 Å². The van der Waals surface area contributed by atoms with Crippen molar-refractivity contribution in [1.82, 2.24) is 15.1 Å². The first-order chi connectivity index (χ1) is 18.4. The summed E-state index contributed by atoms with van der Waals surface area (Å²) < 4.78 is 10.1. The zero-order chi connectivity index (χ0) is 26.8. The fourth-order valence-electron chi connectivity index (χ4n) is 4.62. The van der Waals surface area contributed by atoms with Crippen LogP contribution in [-0.4, -0.2) is 46.0 Å². The molecule has 1 N–H and O–H groups in total.